The molecule has 0 spiro atoms. The number of methoxy groups -OCH3 is 1. The molecule has 23 heavy (non-hydrogen) atoms. The number of carbonyl (C=O) groups excluding carboxylic acids is 1. The average molecular weight is 346 g/mol. The molecule has 0 aliphatic heterocycles. The molecule has 0 N–H and O–H groups in total. The molecule has 0 heterocycles. The van der Waals surface area contributed by atoms with E-state index in [0.29, 0.717) is 0 Å². The number of aldehydes is 1. The molecule has 0 aliphatic carbocycles. The Morgan fingerprint density at radius 2 is 1.52 bits per heavy atom. The van der Waals surface area contributed by atoms with Crippen molar-refractivity contribution < 1.29 is 45.0 Å². The van der Waals surface area contributed by atoms with Gasteiger partial charge in [0, 0.05) is 6.08 Å². The maximum absolute atomic E-state index is 13.6. The number of benzene rings is 1. The highest BCUT2D eigenvalue weighted by Crippen LogP contribution is 2.50. The Balaban J connectivity index is 3.32. The Morgan fingerprint density at radius 1 is 1.00 bits per heavy atom. The third-order valence-corrected chi connectivity index (χ3v) is 2.57. The molecule has 0 fully saturated rings. The van der Waals surface area contributed by atoms with Gasteiger partial charge < -0.3 is 9.47 Å². The number of hydrogen-bond acceptors (Lipinski definition) is 3. The van der Waals surface area contributed by atoms with Crippen LogP contribution in [-0.4, -0.2) is 31.4 Å². The lowest BCUT2D eigenvalue weighted by molar-refractivity contribution is -0.348. The van der Waals surface area contributed by atoms with Crippen LogP contribution in [0.2, 0.25) is 0 Å². The summed E-state index contributed by atoms with van der Waals surface area (Å²) in [5, 5.41) is 0. The molecule has 3 nitrogen and oxygen atoms in total. The maximum Gasteiger partial charge on any atom is 0.460 e. The Kier molecular flexibility index (Phi) is 5.28. The van der Waals surface area contributed by atoms with Crippen molar-refractivity contribution in [3.63, 3.8) is 0 Å². The first-order valence-corrected chi connectivity index (χ1v) is 5.78. The van der Waals surface area contributed by atoms with Gasteiger partial charge in [-0.3, -0.25) is 4.79 Å². The minimum Gasteiger partial charge on any atom is -0.493 e. The van der Waals surface area contributed by atoms with E-state index in [-0.39, 0.29) is 11.8 Å². The summed E-state index contributed by atoms with van der Waals surface area (Å²) in [4.78, 5) is 10.3. The molecule has 0 saturated carbocycles. The zero-order valence-corrected chi connectivity index (χ0v) is 11.3. The van der Waals surface area contributed by atoms with Crippen molar-refractivity contribution in [2.75, 3.05) is 7.11 Å². The quantitative estimate of drug-likeness (QED) is 0.338. The van der Waals surface area contributed by atoms with E-state index in [9.17, 15) is 35.5 Å². The normalized spacial score (nSPS) is 13.7. The molecule has 1 aromatic carbocycles. The molecule has 0 amide bonds. The standard InChI is InChI=1S/C13H9F7O3/c1-22-8-4-2-3-5-9(8)23-10(6-7-21)11(14,15)12(16,17)13(18,19)20/h2-7H,1H3/b10-6-. The summed E-state index contributed by atoms with van der Waals surface area (Å²) in [7, 11) is 1.09. The lowest BCUT2D eigenvalue weighted by Gasteiger charge is -2.29. The topological polar surface area (TPSA) is 35.5 Å². The minimum atomic E-state index is -6.55. The van der Waals surface area contributed by atoms with Gasteiger partial charge in [-0.2, -0.15) is 30.7 Å². The monoisotopic (exact) mass is 346 g/mol. The Bertz CT molecular complexity index is 593. The Labute approximate surface area is 125 Å². The first kappa shape index (κ1) is 18.8. The number of hydrogen-bond donors (Lipinski definition) is 0. The molecule has 0 saturated heterocycles. The molecule has 0 atom stereocenters. The number of rotatable bonds is 6. The molecule has 0 bridgehead atoms. The lowest BCUT2D eigenvalue weighted by atomic mass is 10.1. The lowest BCUT2D eigenvalue weighted by Crippen LogP contribution is -2.53. The van der Waals surface area contributed by atoms with Crippen molar-refractivity contribution in [3.8, 4) is 11.5 Å². The summed E-state index contributed by atoms with van der Waals surface area (Å²) in [6, 6.07) is 4.78. The molecule has 128 valence electrons. The predicted molar refractivity (Wildman–Crippen MR) is 63.7 cm³/mol. The molecule has 1 aromatic rings. The Hall–Kier alpha value is -2.26. The first-order chi connectivity index (χ1) is 10.5. The van der Waals surface area contributed by atoms with Crippen molar-refractivity contribution in [1.29, 1.82) is 0 Å². The van der Waals surface area contributed by atoms with Crippen molar-refractivity contribution in [3.05, 3.63) is 36.1 Å². The van der Waals surface area contributed by atoms with Crippen LogP contribution in [0.15, 0.2) is 36.1 Å². The van der Waals surface area contributed by atoms with E-state index in [1.54, 1.807) is 0 Å². The van der Waals surface area contributed by atoms with E-state index in [2.05, 4.69) is 4.74 Å². The molecule has 0 aliphatic rings. The summed E-state index contributed by atoms with van der Waals surface area (Å²) in [6.07, 6.45) is -7.17. The SMILES string of the molecule is COc1ccccc1O/C(=C\C=O)C(F)(F)C(F)(F)C(F)(F)F. The molecule has 0 aromatic heterocycles. The fourth-order valence-corrected chi connectivity index (χ4v) is 1.42. The van der Waals surface area contributed by atoms with Crippen LogP contribution in [0.4, 0.5) is 30.7 Å². The van der Waals surface area contributed by atoms with Crippen LogP contribution < -0.4 is 9.47 Å². The van der Waals surface area contributed by atoms with Crippen molar-refractivity contribution in [2.45, 2.75) is 18.0 Å². The summed E-state index contributed by atoms with van der Waals surface area (Å²) in [5.41, 5.74) is 0. The molecule has 0 unspecified atom stereocenters. The van der Waals surface area contributed by atoms with Crippen molar-refractivity contribution in [2.24, 2.45) is 0 Å². The highest BCUT2D eigenvalue weighted by Gasteiger charge is 2.75. The summed E-state index contributed by atoms with van der Waals surface area (Å²) in [6.45, 7) is 0. The number of alkyl halides is 7. The number of carbonyl (C=O) groups is 1. The van der Waals surface area contributed by atoms with Crippen molar-refractivity contribution in [1.82, 2.24) is 0 Å². The summed E-state index contributed by atoms with van der Waals surface area (Å²) >= 11 is 0. The third kappa shape index (κ3) is 3.57. The van der Waals surface area contributed by atoms with Crippen LogP contribution >= 0.6 is 0 Å². The summed E-state index contributed by atoms with van der Waals surface area (Å²) < 4.78 is 98.9. The second kappa shape index (κ2) is 6.47. The van der Waals surface area contributed by atoms with Crippen LogP contribution in [0.25, 0.3) is 0 Å². The zero-order chi connectivity index (χ0) is 17.9. The van der Waals surface area contributed by atoms with Gasteiger partial charge in [-0.25, -0.2) is 0 Å². The van der Waals surface area contributed by atoms with E-state index in [0.717, 1.165) is 13.2 Å². The second-order valence-electron chi connectivity index (χ2n) is 4.07. The van der Waals surface area contributed by atoms with E-state index in [4.69, 9.17) is 4.74 Å². The predicted octanol–water partition coefficient (Wildman–Crippen LogP) is 3.99. The number of para-hydroxylation sites is 2. The van der Waals surface area contributed by atoms with Crippen LogP contribution in [0.5, 0.6) is 11.5 Å². The largest absolute Gasteiger partial charge is 0.493 e. The van der Waals surface area contributed by atoms with Gasteiger partial charge >= 0.3 is 18.0 Å². The number of ether oxygens (including phenoxy) is 2. The molecule has 1 rings (SSSR count). The first-order valence-electron chi connectivity index (χ1n) is 5.78. The Morgan fingerprint density at radius 3 is 1.96 bits per heavy atom. The molecular weight excluding hydrogens is 337 g/mol. The minimum absolute atomic E-state index is 0.213. The highest BCUT2D eigenvalue weighted by molar-refractivity contribution is 5.66. The van der Waals surface area contributed by atoms with Gasteiger partial charge in [0.25, 0.3) is 0 Å². The van der Waals surface area contributed by atoms with E-state index in [1.807, 2.05) is 0 Å². The van der Waals surface area contributed by atoms with Crippen LogP contribution in [0.3, 0.4) is 0 Å². The number of halogens is 7. The van der Waals surface area contributed by atoms with Gasteiger partial charge in [-0.1, -0.05) is 12.1 Å². The van der Waals surface area contributed by atoms with Gasteiger partial charge in [-0.05, 0) is 12.1 Å². The maximum atomic E-state index is 13.6. The van der Waals surface area contributed by atoms with Gasteiger partial charge in [0.15, 0.2) is 17.3 Å². The third-order valence-electron chi connectivity index (χ3n) is 2.57. The zero-order valence-electron chi connectivity index (χ0n) is 11.3. The van der Waals surface area contributed by atoms with E-state index >= 15 is 0 Å². The fraction of sp³-hybridized carbons (Fsp3) is 0.308. The van der Waals surface area contributed by atoms with Gasteiger partial charge in [0.05, 0.1) is 7.11 Å². The van der Waals surface area contributed by atoms with Gasteiger partial charge in [0.1, 0.15) is 6.29 Å². The van der Waals surface area contributed by atoms with Crippen LogP contribution in [0, 0.1) is 0 Å². The average Bonchev–Trinajstić information content (AvgIpc) is 2.45. The van der Waals surface area contributed by atoms with Gasteiger partial charge in [0.2, 0.25) is 0 Å². The molecule has 10 heteroatoms. The van der Waals surface area contributed by atoms with Crippen LogP contribution in [0.1, 0.15) is 0 Å². The smallest absolute Gasteiger partial charge is 0.460 e. The number of allylic oxidation sites excluding steroid dienone is 2. The highest BCUT2D eigenvalue weighted by atomic mass is 19.4. The summed E-state index contributed by atoms with van der Waals surface area (Å²) in [5.74, 6) is -15.2. The van der Waals surface area contributed by atoms with E-state index in [1.165, 1.54) is 18.2 Å². The van der Waals surface area contributed by atoms with Crippen molar-refractivity contribution >= 4 is 6.29 Å². The molecule has 0 radical (unpaired) electrons. The van der Waals surface area contributed by atoms with Gasteiger partial charge in [-0.15, -0.1) is 0 Å². The second-order valence-corrected chi connectivity index (χ2v) is 4.07. The van der Waals surface area contributed by atoms with Crippen LogP contribution in [-0.2, 0) is 4.79 Å². The van der Waals surface area contributed by atoms with E-state index < -0.39 is 35.8 Å². The fourth-order valence-electron chi connectivity index (χ4n) is 1.42. The molecular formula is C13H9F7O3.